The summed E-state index contributed by atoms with van der Waals surface area (Å²) in [6.45, 7) is 7.92. The van der Waals surface area contributed by atoms with Crippen molar-refractivity contribution in [2.45, 2.75) is 45.3 Å². The van der Waals surface area contributed by atoms with E-state index in [0.29, 0.717) is 0 Å². The quantitative estimate of drug-likeness (QED) is 0.560. The van der Waals surface area contributed by atoms with E-state index in [1.165, 1.54) is 0 Å². The monoisotopic (exact) mass is 204 g/mol. The molecule has 12 heavy (non-hydrogen) atoms. The summed E-state index contributed by atoms with van der Waals surface area (Å²) in [4.78, 5) is 10.9. The van der Waals surface area contributed by atoms with Gasteiger partial charge >= 0.3 is 0 Å². The molecule has 4 heteroatoms. The second-order valence-corrected chi connectivity index (χ2v) is 5.21. The Labute approximate surface area is 82.4 Å². The molecule has 0 amide bonds. The van der Waals surface area contributed by atoms with Crippen LogP contribution in [0.4, 0.5) is 0 Å². The van der Waals surface area contributed by atoms with Gasteiger partial charge < -0.3 is 4.43 Å². The predicted molar refractivity (Wildman–Crippen MR) is 54.6 cm³/mol. The smallest absolute Gasteiger partial charge is 0.242 e. The molecule has 0 N–H and O–H groups in total. The molecule has 0 aliphatic heterocycles. The van der Waals surface area contributed by atoms with Crippen molar-refractivity contribution in [2.24, 2.45) is 0 Å². The first-order valence-electron chi connectivity index (χ1n) is 4.03. The molecule has 70 valence electrons. The first-order chi connectivity index (χ1) is 5.37. The van der Waals surface area contributed by atoms with Gasteiger partial charge in [0.1, 0.15) is 0 Å². The van der Waals surface area contributed by atoms with Gasteiger partial charge in [0.05, 0.1) is 0 Å². The van der Waals surface area contributed by atoms with Crippen LogP contribution in [0.1, 0.15) is 34.1 Å². The SMILES string of the molecule is CCC([Si]OC(C)(C)C)C(=O)S. The van der Waals surface area contributed by atoms with Gasteiger partial charge in [0, 0.05) is 11.1 Å². The van der Waals surface area contributed by atoms with E-state index in [1.807, 2.05) is 27.7 Å². The summed E-state index contributed by atoms with van der Waals surface area (Å²) in [6.07, 6.45) is 0.802. The maximum Gasteiger partial charge on any atom is 0.242 e. The van der Waals surface area contributed by atoms with E-state index in [0.717, 1.165) is 6.42 Å². The first kappa shape index (κ1) is 12.2. The predicted octanol–water partition coefficient (Wildman–Crippen LogP) is 2.08. The van der Waals surface area contributed by atoms with E-state index >= 15 is 0 Å². The van der Waals surface area contributed by atoms with Gasteiger partial charge in [0.2, 0.25) is 9.76 Å². The Hall–Kier alpha value is 0.197. The summed E-state index contributed by atoms with van der Waals surface area (Å²) >= 11 is 3.79. The molecule has 0 heterocycles. The maximum absolute atomic E-state index is 10.9. The second kappa shape index (κ2) is 5.04. The molecule has 0 aromatic heterocycles. The Morgan fingerprint density at radius 2 is 2.08 bits per heavy atom. The van der Waals surface area contributed by atoms with Crippen LogP contribution >= 0.6 is 12.6 Å². The van der Waals surface area contributed by atoms with E-state index in [2.05, 4.69) is 12.6 Å². The normalized spacial score (nSPS) is 14.4. The fourth-order valence-electron chi connectivity index (χ4n) is 0.556. The average molecular weight is 204 g/mol. The Morgan fingerprint density at radius 1 is 1.58 bits per heavy atom. The molecular formula is C8H16O2SSi. The minimum atomic E-state index is -0.158. The average Bonchev–Trinajstić information content (AvgIpc) is 1.85. The van der Waals surface area contributed by atoms with Crippen molar-refractivity contribution >= 4 is 27.5 Å². The number of thiol groups is 1. The summed E-state index contributed by atoms with van der Waals surface area (Å²) in [5.41, 5.74) is -0.192. The Morgan fingerprint density at radius 3 is 2.33 bits per heavy atom. The van der Waals surface area contributed by atoms with Crippen LogP contribution in [0, 0.1) is 0 Å². The van der Waals surface area contributed by atoms with Crippen molar-refractivity contribution in [1.82, 2.24) is 0 Å². The van der Waals surface area contributed by atoms with E-state index in [-0.39, 0.29) is 26.0 Å². The van der Waals surface area contributed by atoms with Crippen molar-refractivity contribution in [2.75, 3.05) is 0 Å². The summed E-state index contributed by atoms with van der Waals surface area (Å²) in [6, 6.07) is 0. The van der Waals surface area contributed by atoms with E-state index in [4.69, 9.17) is 4.43 Å². The molecule has 1 atom stereocenters. The van der Waals surface area contributed by atoms with Crippen LogP contribution in [-0.2, 0) is 9.22 Å². The van der Waals surface area contributed by atoms with Crippen molar-refractivity contribution in [1.29, 1.82) is 0 Å². The summed E-state index contributed by atoms with van der Waals surface area (Å²) in [5.74, 6) is 0. The standard InChI is InChI=1S/C8H16O2SSi/c1-5-6(7(9)11)12-10-8(2,3)4/h6H,5H2,1-4H3,(H,9,11). The van der Waals surface area contributed by atoms with Gasteiger partial charge in [-0.25, -0.2) is 0 Å². The molecule has 1 unspecified atom stereocenters. The molecule has 0 aliphatic carbocycles. The maximum atomic E-state index is 10.9. The molecule has 0 aromatic rings. The largest absolute Gasteiger partial charge is 0.412 e. The third-order valence-electron chi connectivity index (χ3n) is 1.21. The van der Waals surface area contributed by atoms with Crippen molar-refractivity contribution in [3.8, 4) is 0 Å². The highest BCUT2D eigenvalue weighted by atomic mass is 32.1. The zero-order valence-corrected chi connectivity index (χ0v) is 9.94. The summed E-state index contributed by atoms with van der Waals surface area (Å²) in [5, 5.41) is -0.0694. The van der Waals surface area contributed by atoms with Gasteiger partial charge in [-0.3, -0.25) is 4.79 Å². The number of hydrogen-bond acceptors (Lipinski definition) is 2. The van der Waals surface area contributed by atoms with Crippen LogP contribution in [0.25, 0.3) is 0 Å². The molecule has 0 saturated carbocycles. The lowest BCUT2D eigenvalue weighted by Crippen LogP contribution is -2.25. The Bertz CT molecular complexity index is 154. The third kappa shape index (κ3) is 5.80. The van der Waals surface area contributed by atoms with Gasteiger partial charge in [-0.2, -0.15) is 0 Å². The van der Waals surface area contributed by atoms with E-state index < -0.39 is 0 Å². The van der Waals surface area contributed by atoms with Gasteiger partial charge in [0.15, 0.2) is 5.12 Å². The molecular weight excluding hydrogens is 188 g/mol. The molecule has 0 rings (SSSR count). The zero-order chi connectivity index (χ0) is 9.78. The van der Waals surface area contributed by atoms with Crippen molar-refractivity contribution < 1.29 is 9.22 Å². The van der Waals surface area contributed by atoms with Gasteiger partial charge in [0.25, 0.3) is 0 Å². The fraction of sp³-hybridized carbons (Fsp3) is 0.875. The molecule has 2 radical (unpaired) electrons. The minimum absolute atomic E-state index is 0.0347. The van der Waals surface area contributed by atoms with Crippen LogP contribution < -0.4 is 0 Å². The van der Waals surface area contributed by atoms with Crippen LogP contribution in [0.3, 0.4) is 0 Å². The highest BCUT2D eigenvalue weighted by Gasteiger charge is 2.19. The molecule has 0 saturated heterocycles. The summed E-state index contributed by atoms with van der Waals surface area (Å²) in [7, 11) is 0.229. The third-order valence-corrected chi connectivity index (χ3v) is 3.45. The number of rotatable bonds is 4. The molecule has 0 bridgehead atoms. The van der Waals surface area contributed by atoms with Crippen LogP contribution in [0.2, 0.25) is 5.54 Å². The molecule has 0 fully saturated rings. The number of carbonyl (C=O) groups excluding carboxylic acids is 1. The first-order valence-corrected chi connectivity index (χ1v) is 5.46. The van der Waals surface area contributed by atoms with Gasteiger partial charge in [-0.15, -0.1) is 12.6 Å². The molecule has 0 aliphatic rings. The molecule has 2 nitrogen and oxygen atoms in total. The van der Waals surface area contributed by atoms with Gasteiger partial charge in [-0.1, -0.05) is 6.92 Å². The highest BCUT2D eigenvalue weighted by molar-refractivity contribution is 7.96. The van der Waals surface area contributed by atoms with Crippen molar-refractivity contribution in [3.05, 3.63) is 0 Å². The second-order valence-electron chi connectivity index (χ2n) is 3.63. The Kier molecular flexibility index (Phi) is 5.12. The molecule has 0 aromatic carbocycles. The number of hydrogen-bond donors (Lipinski definition) is 1. The molecule has 0 spiro atoms. The summed E-state index contributed by atoms with van der Waals surface area (Å²) < 4.78 is 5.50. The highest BCUT2D eigenvalue weighted by Crippen LogP contribution is 2.16. The van der Waals surface area contributed by atoms with E-state index in [9.17, 15) is 4.79 Å². The number of carbonyl (C=O) groups is 1. The Balaban J connectivity index is 3.81. The lowest BCUT2D eigenvalue weighted by molar-refractivity contribution is -0.111. The minimum Gasteiger partial charge on any atom is -0.412 e. The topological polar surface area (TPSA) is 26.3 Å². The van der Waals surface area contributed by atoms with Gasteiger partial charge in [-0.05, 0) is 27.2 Å². The van der Waals surface area contributed by atoms with Crippen LogP contribution in [0.15, 0.2) is 0 Å². The van der Waals surface area contributed by atoms with Crippen molar-refractivity contribution in [3.63, 3.8) is 0 Å². The van der Waals surface area contributed by atoms with Crippen LogP contribution in [0.5, 0.6) is 0 Å². The fourth-order valence-corrected chi connectivity index (χ4v) is 1.66. The van der Waals surface area contributed by atoms with Crippen LogP contribution in [-0.4, -0.2) is 20.5 Å². The zero-order valence-electron chi connectivity index (χ0n) is 8.05. The lowest BCUT2D eigenvalue weighted by Gasteiger charge is -2.21. The van der Waals surface area contributed by atoms with E-state index in [1.54, 1.807) is 0 Å². The lowest BCUT2D eigenvalue weighted by atomic mass is 10.2.